The van der Waals surface area contributed by atoms with Crippen LogP contribution < -0.4 is 5.32 Å². The van der Waals surface area contributed by atoms with E-state index in [1.54, 1.807) is 20.8 Å². The number of aliphatic carboxylic acids is 1. The van der Waals surface area contributed by atoms with Gasteiger partial charge < -0.3 is 15.3 Å². The topological polar surface area (TPSA) is 86.7 Å². The summed E-state index contributed by atoms with van der Waals surface area (Å²) in [5.74, 6) is -0.493. The molecule has 1 atom stereocenters. The molecule has 0 spiro atoms. The molecule has 0 aromatic carbocycles. The molecule has 1 heterocycles. The number of rotatable bonds is 4. The van der Waals surface area contributed by atoms with Gasteiger partial charge in [0.1, 0.15) is 6.04 Å². The molecule has 0 aromatic rings. The second kappa shape index (κ2) is 6.27. The SMILES string of the molecule is CC(C)(C)C(=O)NCCC(=O)N1CSC[C@H]1C(=O)O. The lowest BCUT2D eigenvalue weighted by Gasteiger charge is -2.21. The molecule has 6 nitrogen and oxygen atoms in total. The van der Waals surface area contributed by atoms with Gasteiger partial charge in [-0.2, -0.15) is 0 Å². The van der Waals surface area contributed by atoms with E-state index in [-0.39, 0.29) is 24.8 Å². The molecule has 0 aliphatic carbocycles. The second-order valence-electron chi connectivity index (χ2n) is 5.47. The molecule has 2 N–H and O–H groups in total. The van der Waals surface area contributed by atoms with Crippen molar-refractivity contribution in [1.29, 1.82) is 0 Å². The van der Waals surface area contributed by atoms with Crippen molar-refractivity contribution in [2.24, 2.45) is 5.41 Å². The molecule has 0 radical (unpaired) electrons. The summed E-state index contributed by atoms with van der Waals surface area (Å²) < 4.78 is 0. The van der Waals surface area contributed by atoms with Gasteiger partial charge >= 0.3 is 5.97 Å². The van der Waals surface area contributed by atoms with Crippen molar-refractivity contribution in [3.8, 4) is 0 Å². The molecule has 1 aliphatic heterocycles. The molecule has 7 heteroatoms. The number of nitrogens with zero attached hydrogens (tertiary/aromatic N) is 1. The quantitative estimate of drug-likeness (QED) is 0.788. The van der Waals surface area contributed by atoms with Crippen LogP contribution >= 0.6 is 11.8 Å². The number of carboxylic acid groups (broad SMARTS) is 1. The van der Waals surface area contributed by atoms with E-state index in [0.29, 0.717) is 11.6 Å². The van der Waals surface area contributed by atoms with Crippen LogP contribution in [0.3, 0.4) is 0 Å². The van der Waals surface area contributed by atoms with Crippen LogP contribution in [0.2, 0.25) is 0 Å². The maximum Gasteiger partial charge on any atom is 0.327 e. The highest BCUT2D eigenvalue weighted by atomic mass is 32.2. The van der Waals surface area contributed by atoms with Gasteiger partial charge in [0.25, 0.3) is 0 Å². The molecule has 0 unspecified atom stereocenters. The first-order valence-electron chi connectivity index (χ1n) is 6.12. The van der Waals surface area contributed by atoms with Gasteiger partial charge in [0.05, 0.1) is 5.88 Å². The Bertz CT molecular complexity index is 378. The minimum atomic E-state index is -0.975. The zero-order valence-electron chi connectivity index (χ0n) is 11.4. The average molecular weight is 288 g/mol. The van der Waals surface area contributed by atoms with E-state index in [2.05, 4.69) is 5.32 Å². The Kier molecular flexibility index (Phi) is 5.22. The zero-order chi connectivity index (χ0) is 14.6. The lowest BCUT2D eigenvalue weighted by Crippen LogP contribution is -2.43. The number of nitrogens with one attached hydrogen (secondary N) is 1. The first-order valence-corrected chi connectivity index (χ1v) is 7.27. The number of thioether (sulfide) groups is 1. The van der Waals surface area contributed by atoms with E-state index in [1.165, 1.54) is 16.7 Å². The third-order valence-electron chi connectivity index (χ3n) is 2.79. The molecule has 19 heavy (non-hydrogen) atoms. The number of amides is 2. The molecule has 1 rings (SSSR count). The van der Waals surface area contributed by atoms with Crippen LogP contribution in [0.1, 0.15) is 27.2 Å². The van der Waals surface area contributed by atoms with Gasteiger partial charge in [-0.3, -0.25) is 9.59 Å². The van der Waals surface area contributed by atoms with Crippen LogP contribution in [0, 0.1) is 5.41 Å². The van der Waals surface area contributed by atoms with E-state index in [4.69, 9.17) is 5.11 Å². The standard InChI is InChI=1S/C12H20N2O4S/c1-12(2,3)11(18)13-5-4-9(15)14-7-19-6-8(14)10(16)17/h8H,4-7H2,1-3H3,(H,13,18)(H,16,17)/t8-/m0/s1. The molecular formula is C12H20N2O4S. The summed E-state index contributed by atoms with van der Waals surface area (Å²) >= 11 is 1.43. The van der Waals surface area contributed by atoms with Crippen molar-refractivity contribution in [2.45, 2.75) is 33.2 Å². The number of hydrogen-bond donors (Lipinski definition) is 2. The fourth-order valence-electron chi connectivity index (χ4n) is 1.58. The lowest BCUT2D eigenvalue weighted by atomic mass is 9.96. The summed E-state index contributed by atoms with van der Waals surface area (Å²) in [5.41, 5.74) is -0.490. The van der Waals surface area contributed by atoms with E-state index < -0.39 is 17.4 Å². The smallest absolute Gasteiger partial charge is 0.327 e. The first-order chi connectivity index (χ1) is 8.73. The highest BCUT2D eigenvalue weighted by Crippen LogP contribution is 2.21. The van der Waals surface area contributed by atoms with Crippen molar-refractivity contribution in [2.75, 3.05) is 18.2 Å². The van der Waals surface area contributed by atoms with Crippen molar-refractivity contribution in [1.82, 2.24) is 10.2 Å². The second-order valence-corrected chi connectivity index (χ2v) is 6.47. The molecule has 0 aromatic heterocycles. The number of hydrogen-bond acceptors (Lipinski definition) is 4. The van der Waals surface area contributed by atoms with Gasteiger partial charge in [-0.1, -0.05) is 20.8 Å². The Labute approximate surface area is 116 Å². The summed E-state index contributed by atoms with van der Waals surface area (Å²) in [6.07, 6.45) is 0.131. The van der Waals surface area contributed by atoms with Crippen molar-refractivity contribution in [3.63, 3.8) is 0 Å². The highest BCUT2D eigenvalue weighted by molar-refractivity contribution is 7.99. The van der Waals surface area contributed by atoms with Crippen LogP contribution in [-0.4, -0.2) is 52.0 Å². The highest BCUT2D eigenvalue weighted by Gasteiger charge is 2.34. The largest absolute Gasteiger partial charge is 0.480 e. The fraction of sp³-hybridized carbons (Fsp3) is 0.750. The maximum absolute atomic E-state index is 11.9. The van der Waals surface area contributed by atoms with Crippen LogP contribution in [0.15, 0.2) is 0 Å². The van der Waals surface area contributed by atoms with Gasteiger partial charge in [0, 0.05) is 24.1 Å². The Balaban J connectivity index is 2.40. The van der Waals surface area contributed by atoms with Gasteiger partial charge in [-0.25, -0.2) is 4.79 Å². The lowest BCUT2D eigenvalue weighted by molar-refractivity contribution is -0.147. The molecule has 1 saturated heterocycles. The third-order valence-corrected chi connectivity index (χ3v) is 3.81. The van der Waals surface area contributed by atoms with Crippen LogP contribution in [0.25, 0.3) is 0 Å². The van der Waals surface area contributed by atoms with Gasteiger partial charge in [-0.15, -0.1) is 11.8 Å². The van der Waals surface area contributed by atoms with Crippen molar-refractivity contribution >= 4 is 29.5 Å². The van der Waals surface area contributed by atoms with Crippen LogP contribution in [0.5, 0.6) is 0 Å². The summed E-state index contributed by atoms with van der Waals surface area (Å²) in [7, 11) is 0. The molecule has 1 fully saturated rings. The Morgan fingerprint density at radius 3 is 2.53 bits per heavy atom. The minimum absolute atomic E-state index is 0.120. The molecule has 1 aliphatic rings. The fourth-order valence-corrected chi connectivity index (χ4v) is 2.76. The van der Waals surface area contributed by atoms with E-state index >= 15 is 0 Å². The Morgan fingerprint density at radius 2 is 2.00 bits per heavy atom. The summed E-state index contributed by atoms with van der Waals surface area (Å²) in [5, 5.41) is 11.7. The van der Waals surface area contributed by atoms with Crippen LogP contribution in [-0.2, 0) is 14.4 Å². The van der Waals surface area contributed by atoms with Gasteiger partial charge in [0.2, 0.25) is 11.8 Å². The molecule has 108 valence electrons. The average Bonchev–Trinajstić information content (AvgIpc) is 2.76. The molecule has 0 saturated carbocycles. The van der Waals surface area contributed by atoms with Gasteiger partial charge in [0.15, 0.2) is 0 Å². The normalized spacial score (nSPS) is 19.3. The molecular weight excluding hydrogens is 268 g/mol. The van der Waals surface area contributed by atoms with E-state index in [9.17, 15) is 14.4 Å². The summed E-state index contributed by atoms with van der Waals surface area (Å²) in [6.45, 7) is 5.62. The van der Waals surface area contributed by atoms with Crippen molar-refractivity contribution in [3.05, 3.63) is 0 Å². The minimum Gasteiger partial charge on any atom is -0.480 e. The van der Waals surface area contributed by atoms with Gasteiger partial charge in [-0.05, 0) is 0 Å². The number of carbonyl (C=O) groups excluding carboxylic acids is 2. The Hall–Kier alpha value is -1.24. The number of carboxylic acids is 1. The zero-order valence-corrected chi connectivity index (χ0v) is 12.2. The van der Waals surface area contributed by atoms with Crippen LogP contribution in [0.4, 0.5) is 0 Å². The molecule has 0 bridgehead atoms. The van der Waals surface area contributed by atoms with E-state index in [1.807, 2.05) is 0 Å². The predicted molar refractivity (Wildman–Crippen MR) is 72.7 cm³/mol. The monoisotopic (exact) mass is 288 g/mol. The molecule has 2 amide bonds. The summed E-state index contributed by atoms with van der Waals surface area (Å²) in [6, 6.07) is -0.740. The Morgan fingerprint density at radius 1 is 1.37 bits per heavy atom. The first kappa shape index (κ1) is 15.8. The summed E-state index contributed by atoms with van der Waals surface area (Å²) in [4.78, 5) is 35.8. The number of carbonyl (C=O) groups is 3. The predicted octanol–water partition coefficient (Wildman–Crippen LogP) is 0.525. The maximum atomic E-state index is 11.9. The third kappa shape index (κ3) is 4.41. The van der Waals surface area contributed by atoms with E-state index in [0.717, 1.165) is 0 Å². The van der Waals surface area contributed by atoms with Crippen molar-refractivity contribution < 1.29 is 19.5 Å².